The lowest BCUT2D eigenvalue weighted by atomic mass is 9.70. The maximum Gasteiger partial charge on any atom is 0.226 e. The zero-order chi connectivity index (χ0) is 36.4. The predicted octanol–water partition coefficient (Wildman–Crippen LogP) is 6.38. The molecule has 1 aromatic carbocycles. The van der Waals surface area contributed by atoms with Crippen molar-refractivity contribution in [1.29, 1.82) is 5.26 Å². The fourth-order valence-electron chi connectivity index (χ4n) is 6.27. The average Bonchev–Trinajstić information content (AvgIpc) is 3.43. The van der Waals surface area contributed by atoms with Gasteiger partial charge in [0.1, 0.15) is 11.9 Å². The third-order valence-corrected chi connectivity index (χ3v) is 9.12. The molecule has 2 N–H and O–H groups in total. The number of nitrogens with zero attached hydrogens (tertiary/aromatic N) is 6. The summed E-state index contributed by atoms with van der Waals surface area (Å²) in [5.41, 5.74) is 3.97. The second-order valence-corrected chi connectivity index (χ2v) is 12.0. The van der Waals surface area contributed by atoms with E-state index < -0.39 is 5.41 Å². The van der Waals surface area contributed by atoms with Crippen LogP contribution in [0.3, 0.4) is 0 Å². The van der Waals surface area contributed by atoms with Crippen LogP contribution in [0.1, 0.15) is 105 Å². The molecule has 48 heavy (non-hydrogen) atoms. The molecular weight excluding hydrogens is 607 g/mol. The number of hydrogen-bond donors (Lipinski definition) is 2. The largest absolute Gasteiger partial charge is 0.349 e. The number of tetrazole rings is 1. The lowest BCUT2D eigenvalue weighted by molar-refractivity contribution is -0.128. The highest BCUT2D eigenvalue weighted by atomic mass is 19.1. The number of halogens is 1. The highest BCUT2D eigenvalue weighted by Gasteiger charge is 2.58. The van der Waals surface area contributed by atoms with Crippen molar-refractivity contribution in [1.82, 2.24) is 35.7 Å². The van der Waals surface area contributed by atoms with Crippen molar-refractivity contribution in [2.24, 2.45) is 11.8 Å². The molecule has 0 bridgehead atoms. The van der Waals surface area contributed by atoms with Crippen LogP contribution in [0, 0.1) is 29.0 Å². The van der Waals surface area contributed by atoms with E-state index in [1.807, 2.05) is 53.7 Å². The number of nitrogens with one attached hydrogen (secondary N) is 2. The summed E-state index contributed by atoms with van der Waals surface area (Å²) in [7, 11) is 3.54. The van der Waals surface area contributed by atoms with Gasteiger partial charge in [0.25, 0.3) is 0 Å². The molecule has 3 aliphatic rings. The van der Waals surface area contributed by atoms with Gasteiger partial charge in [0.05, 0.1) is 11.5 Å². The topological polar surface area (TPSA) is 131 Å². The molecule has 1 aromatic heterocycles. The van der Waals surface area contributed by atoms with Gasteiger partial charge in [-0.25, -0.2) is 4.39 Å². The number of aromatic nitrogens is 4. The lowest BCUT2D eigenvalue weighted by Crippen LogP contribution is -2.35. The Bertz CT molecular complexity index is 1370. The standard InChI is InChI=1S/C17H22FN5.C8H10N2O.C8H15NO.2C2H6/c1-3-19-10-9-17(16-20-22-23-21-16)12(2)5-4-6-13-11-14(18)7-8-15(13)17;1-5-7-2-6(3-9)10(4-11)8(5)7;1-5-7(2)6-8(10)9(3)4;2*1-2/h5,7-8,11,19H,3-4,6,9-10H2,1-2H3,(H,20,21,22,23);4-8H,2H2,1H3;5H,6H2,1-4H3;2*1-2H3/b;;7-5+;;/t;5-,6?,7?,8?;;;/m.0.../s1. The van der Waals surface area contributed by atoms with Crippen LogP contribution < -0.4 is 5.32 Å². The van der Waals surface area contributed by atoms with Gasteiger partial charge in [0.2, 0.25) is 12.3 Å². The average molecular weight is 667 g/mol. The molecule has 266 valence electrons. The zero-order valence-electron chi connectivity index (χ0n) is 31.1. The van der Waals surface area contributed by atoms with Crippen LogP contribution in [0.5, 0.6) is 0 Å². The summed E-state index contributed by atoms with van der Waals surface area (Å²) in [5, 5.41) is 27.0. The Morgan fingerprint density at radius 3 is 2.50 bits per heavy atom. The second-order valence-electron chi connectivity index (χ2n) is 12.0. The highest BCUT2D eigenvalue weighted by molar-refractivity contribution is 5.77. The molecule has 2 amide bonds. The Labute approximate surface area is 288 Å². The van der Waals surface area contributed by atoms with E-state index in [4.69, 9.17) is 5.26 Å². The van der Waals surface area contributed by atoms with Gasteiger partial charge in [0, 0.05) is 26.6 Å². The number of amides is 2. The van der Waals surface area contributed by atoms with E-state index in [9.17, 15) is 14.0 Å². The molecule has 2 aliphatic carbocycles. The SMILES string of the molecule is C/C=C(\C)CC(=O)N(C)C.CC.CC.CCNCCC1(c2nn[nH]n2)C(C)=CCCc2cc(F)ccc21.C[C@H]1C2CC(C#N)N(C=O)C21. The monoisotopic (exact) mass is 666 g/mol. The Morgan fingerprint density at radius 2 is 1.96 bits per heavy atom. The molecule has 1 saturated carbocycles. The van der Waals surface area contributed by atoms with Crippen LogP contribution in [0.15, 0.2) is 41.5 Å². The van der Waals surface area contributed by atoms with Crippen molar-refractivity contribution < 1.29 is 14.0 Å². The molecule has 5 atom stereocenters. The fraction of sp³-hybridized carbons (Fsp3) is 0.622. The van der Waals surface area contributed by atoms with Crippen LogP contribution in [-0.4, -0.2) is 82.0 Å². The van der Waals surface area contributed by atoms with Crippen molar-refractivity contribution in [3.8, 4) is 6.07 Å². The smallest absolute Gasteiger partial charge is 0.226 e. The third-order valence-electron chi connectivity index (χ3n) is 9.12. The fourth-order valence-corrected chi connectivity index (χ4v) is 6.27. The first-order valence-corrected chi connectivity index (χ1v) is 17.4. The molecule has 0 spiro atoms. The third kappa shape index (κ3) is 10.5. The van der Waals surface area contributed by atoms with E-state index in [-0.39, 0.29) is 17.8 Å². The Hall–Kier alpha value is -3.91. The number of fused-ring (bicyclic) bond motifs is 2. The number of H-pyrrole nitrogens is 1. The Balaban J connectivity index is 0.000000385. The van der Waals surface area contributed by atoms with Gasteiger partial charge in [-0.15, -0.1) is 10.2 Å². The van der Waals surface area contributed by atoms with Gasteiger partial charge in [-0.3, -0.25) is 9.59 Å². The number of aromatic amines is 1. The van der Waals surface area contributed by atoms with Crippen LogP contribution in [0.25, 0.3) is 0 Å². The number of aryl methyl sites for hydroxylation is 1. The summed E-state index contributed by atoms with van der Waals surface area (Å²) < 4.78 is 13.7. The van der Waals surface area contributed by atoms with Crippen molar-refractivity contribution in [2.75, 3.05) is 27.2 Å². The van der Waals surface area contributed by atoms with Gasteiger partial charge in [-0.05, 0) is 94.6 Å². The molecule has 4 unspecified atom stereocenters. The zero-order valence-corrected chi connectivity index (χ0v) is 31.1. The molecule has 5 rings (SSSR count). The normalized spacial score (nSPS) is 23.2. The molecule has 1 saturated heterocycles. The minimum Gasteiger partial charge on any atom is -0.349 e. The molecule has 2 aromatic rings. The summed E-state index contributed by atoms with van der Waals surface area (Å²) in [5.74, 6) is 1.86. The van der Waals surface area contributed by atoms with E-state index in [0.717, 1.165) is 61.9 Å². The minimum atomic E-state index is -0.464. The minimum absolute atomic E-state index is 0.140. The van der Waals surface area contributed by atoms with Crippen LogP contribution in [0.2, 0.25) is 0 Å². The molecule has 2 fully saturated rings. The Morgan fingerprint density at radius 1 is 1.27 bits per heavy atom. The molecular formula is C37H59FN8O2. The number of rotatable bonds is 8. The summed E-state index contributed by atoms with van der Waals surface area (Å²) in [6, 6.07) is 7.44. The summed E-state index contributed by atoms with van der Waals surface area (Å²) in [6.07, 6.45) is 8.96. The van der Waals surface area contributed by atoms with Crippen molar-refractivity contribution in [3.63, 3.8) is 0 Å². The van der Waals surface area contributed by atoms with Crippen molar-refractivity contribution in [2.45, 2.75) is 112 Å². The molecule has 11 heteroatoms. The highest BCUT2D eigenvalue weighted by Crippen LogP contribution is 2.52. The number of hydrogen-bond acceptors (Lipinski definition) is 7. The summed E-state index contributed by atoms with van der Waals surface area (Å²) in [6.45, 7) is 20.0. The lowest BCUT2D eigenvalue weighted by Gasteiger charge is -2.33. The second kappa shape index (κ2) is 21.1. The van der Waals surface area contributed by atoms with Gasteiger partial charge in [0.15, 0.2) is 5.82 Å². The van der Waals surface area contributed by atoms with Gasteiger partial charge >= 0.3 is 0 Å². The van der Waals surface area contributed by atoms with Gasteiger partial charge in [-0.1, -0.05) is 76.1 Å². The van der Waals surface area contributed by atoms with E-state index in [1.54, 1.807) is 30.0 Å². The first-order chi connectivity index (χ1) is 23.0. The van der Waals surface area contributed by atoms with Crippen molar-refractivity contribution >= 4 is 12.3 Å². The van der Waals surface area contributed by atoms with E-state index in [1.165, 1.54) is 11.6 Å². The molecule has 2 heterocycles. The number of allylic oxidation sites excluding steroid dienone is 3. The van der Waals surface area contributed by atoms with Crippen LogP contribution in [0.4, 0.5) is 4.39 Å². The number of piperidine rings is 1. The number of likely N-dealkylation sites (tertiary alicyclic amines) is 1. The predicted molar refractivity (Wildman–Crippen MR) is 190 cm³/mol. The molecule has 0 radical (unpaired) electrons. The number of benzene rings is 1. The van der Waals surface area contributed by atoms with E-state index >= 15 is 0 Å². The number of nitriles is 1. The first kappa shape index (κ1) is 42.1. The maximum absolute atomic E-state index is 13.7. The van der Waals surface area contributed by atoms with E-state index in [0.29, 0.717) is 30.1 Å². The van der Waals surface area contributed by atoms with Crippen LogP contribution >= 0.6 is 0 Å². The number of carbonyl (C=O) groups is 2. The van der Waals surface area contributed by atoms with Gasteiger partial charge in [-0.2, -0.15) is 10.5 Å². The Kier molecular flexibility index (Phi) is 18.5. The summed E-state index contributed by atoms with van der Waals surface area (Å²) >= 11 is 0. The van der Waals surface area contributed by atoms with Gasteiger partial charge < -0.3 is 15.1 Å². The van der Waals surface area contributed by atoms with Crippen LogP contribution in [-0.2, 0) is 21.4 Å². The molecule has 10 nitrogen and oxygen atoms in total. The summed E-state index contributed by atoms with van der Waals surface area (Å²) in [4.78, 5) is 24.8. The number of carbonyl (C=O) groups excluding carboxylic acids is 2. The first-order valence-electron chi connectivity index (χ1n) is 17.4. The quantitative estimate of drug-likeness (QED) is 0.190. The van der Waals surface area contributed by atoms with E-state index in [2.05, 4.69) is 58.9 Å². The van der Waals surface area contributed by atoms with Crippen molar-refractivity contribution in [3.05, 3.63) is 64.3 Å². The molecule has 1 aliphatic heterocycles. The maximum atomic E-state index is 13.7.